The van der Waals surface area contributed by atoms with Gasteiger partial charge in [0.2, 0.25) is 0 Å². The summed E-state index contributed by atoms with van der Waals surface area (Å²) in [5.41, 5.74) is 1.32. The van der Waals surface area contributed by atoms with E-state index in [-0.39, 0.29) is 10.7 Å². The lowest BCUT2D eigenvalue weighted by molar-refractivity contribution is 0.792. The normalized spacial score (nSPS) is 20.9. The third kappa shape index (κ3) is 2.44. The molecule has 2 heteroatoms. The van der Waals surface area contributed by atoms with E-state index < -0.39 is 0 Å². The fourth-order valence-corrected chi connectivity index (χ4v) is 1.46. The molecule has 0 aromatic heterocycles. The highest BCUT2D eigenvalue weighted by Gasteiger charge is 2.14. The topological polar surface area (TPSA) is 12.4 Å². The van der Waals surface area contributed by atoms with Gasteiger partial charge in [0.05, 0.1) is 0 Å². The quantitative estimate of drug-likeness (QED) is 0.575. The summed E-state index contributed by atoms with van der Waals surface area (Å²) in [6, 6.07) is 0. The molecule has 0 bridgehead atoms. The van der Waals surface area contributed by atoms with Gasteiger partial charge in [-0.2, -0.15) is 0 Å². The minimum atomic E-state index is 0.191. The number of allylic oxidation sites excluding steroid dienone is 2. The fourth-order valence-electron chi connectivity index (χ4n) is 0.669. The van der Waals surface area contributed by atoms with Gasteiger partial charge in [-0.15, -0.1) is 0 Å². The maximum atomic E-state index is 4.64. The second-order valence-corrected chi connectivity index (χ2v) is 6.28. The van der Waals surface area contributed by atoms with Crippen LogP contribution in [0, 0.1) is 0 Å². The lowest BCUT2D eigenvalue weighted by Crippen LogP contribution is -2.20. The molecule has 1 atom stereocenters. The molecule has 0 spiro atoms. The minimum absolute atomic E-state index is 0.191. The number of hydrogen-bond acceptors (Lipinski definition) is 1. The molecular weight excluding hydrogens is 154 g/mol. The van der Waals surface area contributed by atoms with Crippen LogP contribution in [0.25, 0.3) is 0 Å². The van der Waals surface area contributed by atoms with Crippen molar-refractivity contribution in [3.63, 3.8) is 0 Å². The second kappa shape index (κ2) is 3.10. The first-order valence-electron chi connectivity index (χ1n) is 4.07. The predicted octanol–water partition coefficient (Wildman–Crippen LogP) is 2.89. The zero-order chi connectivity index (χ0) is 8.48. The molecule has 0 saturated heterocycles. The molecule has 0 aromatic rings. The van der Waals surface area contributed by atoms with E-state index in [0.29, 0.717) is 4.75 Å². The summed E-state index contributed by atoms with van der Waals surface area (Å²) in [5.74, 6) is 0. The van der Waals surface area contributed by atoms with Gasteiger partial charge in [-0.1, -0.05) is 37.5 Å². The highest BCUT2D eigenvalue weighted by Crippen LogP contribution is 2.22. The molecular formula is C9H17NS. The van der Waals surface area contributed by atoms with Crippen molar-refractivity contribution >= 4 is 10.7 Å². The first-order valence-corrected chi connectivity index (χ1v) is 5.66. The Hall–Kier alpha value is -0.110. The van der Waals surface area contributed by atoms with Crippen LogP contribution in [0.3, 0.4) is 0 Å². The first kappa shape index (κ1) is 8.98. The van der Waals surface area contributed by atoms with Crippen molar-refractivity contribution in [2.24, 2.45) is 4.36 Å². The van der Waals surface area contributed by atoms with Gasteiger partial charge >= 0.3 is 0 Å². The van der Waals surface area contributed by atoms with E-state index in [4.69, 9.17) is 0 Å². The number of rotatable bonds is 1. The van der Waals surface area contributed by atoms with E-state index in [1.165, 1.54) is 18.5 Å². The summed E-state index contributed by atoms with van der Waals surface area (Å²) in [6.45, 7) is 6.75. The highest BCUT2D eigenvalue weighted by atomic mass is 32.2. The number of nitrogens with zero attached hydrogens (tertiary/aromatic N) is 1. The monoisotopic (exact) mass is 171 g/mol. The molecule has 0 fully saturated rings. The second-order valence-electron chi connectivity index (χ2n) is 3.92. The zero-order valence-electron chi connectivity index (χ0n) is 7.85. The van der Waals surface area contributed by atoms with Gasteiger partial charge in [-0.05, 0) is 19.1 Å². The lowest BCUT2D eigenvalue weighted by atomic mass is 10.1. The van der Waals surface area contributed by atoms with Crippen LogP contribution in [0.2, 0.25) is 0 Å². The lowest BCUT2D eigenvalue weighted by Gasteiger charge is -2.21. The Labute approximate surface area is 72.0 Å². The molecule has 0 radical (unpaired) electrons. The Morgan fingerprint density at radius 2 is 2.00 bits per heavy atom. The van der Waals surface area contributed by atoms with E-state index in [0.717, 1.165) is 0 Å². The molecule has 0 aromatic carbocycles. The van der Waals surface area contributed by atoms with Gasteiger partial charge in [-0.25, -0.2) is 4.36 Å². The molecule has 1 unspecified atom stereocenters. The maximum Gasteiger partial charge on any atom is 0.0440 e. The predicted molar refractivity (Wildman–Crippen MR) is 52.8 cm³/mol. The number of hydrogen-bond donors (Lipinski definition) is 0. The van der Waals surface area contributed by atoms with Crippen molar-refractivity contribution in [1.29, 1.82) is 0 Å². The third-order valence-corrected chi connectivity index (χ3v) is 4.20. The van der Waals surface area contributed by atoms with Crippen molar-refractivity contribution in [3.05, 3.63) is 11.8 Å². The van der Waals surface area contributed by atoms with Crippen LogP contribution in [0.15, 0.2) is 16.1 Å². The first-order chi connectivity index (χ1) is 5.00. The van der Waals surface area contributed by atoms with E-state index in [1.807, 2.05) is 0 Å². The summed E-state index contributed by atoms with van der Waals surface area (Å²) in [5, 5.41) is 0. The summed E-state index contributed by atoms with van der Waals surface area (Å²) in [7, 11) is 0.191. The SMILES string of the molecule is CS(=NC1=CCC1)C(C)(C)C. The summed E-state index contributed by atoms with van der Waals surface area (Å²) < 4.78 is 4.99. The molecule has 0 N–H and O–H groups in total. The third-order valence-electron chi connectivity index (χ3n) is 1.92. The molecule has 1 aliphatic carbocycles. The summed E-state index contributed by atoms with van der Waals surface area (Å²) in [6.07, 6.45) is 6.89. The van der Waals surface area contributed by atoms with Crippen molar-refractivity contribution in [1.82, 2.24) is 0 Å². The Morgan fingerprint density at radius 3 is 2.27 bits per heavy atom. The Bertz CT molecular complexity index is 208. The van der Waals surface area contributed by atoms with Gasteiger partial charge < -0.3 is 0 Å². The van der Waals surface area contributed by atoms with Gasteiger partial charge in [0.25, 0.3) is 0 Å². The van der Waals surface area contributed by atoms with E-state index >= 15 is 0 Å². The molecule has 0 aliphatic heterocycles. The van der Waals surface area contributed by atoms with Crippen LogP contribution < -0.4 is 0 Å². The molecule has 64 valence electrons. The molecule has 1 aliphatic rings. The minimum Gasteiger partial charge on any atom is -0.233 e. The van der Waals surface area contributed by atoms with Crippen molar-refractivity contribution in [2.75, 3.05) is 6.26 Å². The van der Waals surface area contributed by atoms with Gasteiger partial charge in [0.15, 0.2) is 0 Å². The molecule has 1 nitrogen and oxygen atoms in total. The van der Waals surface area contributed by atoms with Gasteiger partial charge in [0.1, 0.15) is 0 Å². The average Bonchev–Trinajstić information content (AvgIpc) is 1.75. The van der Waals surface area contributed by atoms with Gasteiger partial charge in [-0.3, -0.25) is 0 Å². The van der Waals surface area contributed by atoms with Crippen molar-refractivity contribution in [2.45, 2.75) is 38.4 Å². The fraction of sp³-hybridized carbons (Fsp3) is 0.778. The van der Waals surface area contributed by atoms with Crippen molar-refractivity contribution in [3.8, 4) is 0 Å². The van der Waals surface area contributed by atoms with E-state index in [9.17, 15) is 0 Å². The summed E-state index contributed by atoms with van der Waals surface area (Å²) >= 11 is 0. The largest absolute Gasteiger partial charge is 0.233 e. The molecule has 0 heterocycles. The van der Waals surface area contributed by atoms with Crippen LogP contribution in [0.1, 0.15) is 33.6 Å². The van der Waals surface area contributed by atoms with Crippen LogP contribution in [-0.2, 0) is 10.7 Å². The highest BCUT2D eigenvalue weighted by molar-refractivity contribution is 7.88. The van der Waals surface area contributed by atoms with Gasteiger partial charge in [0, 0.05) is 10.4 Å². The smallest absolute Gasteiger partial charge is 0.0440 e. The van der Waals surface area contributed by atoms with Crippen LogP contribution >= 0.6 is 0 Å². The van der Waals surface area contributed by atoms with Crippen LogP contribution in [-0.4, -0.2) is 11.0 Å². The zero-order valence-corrected chi connectivity index (χ0v) is 8.66. The maximum absolute atomic E-state index is 4.64. The van der Waals surface area contributed by atoms with Crippen LogP contribution in [0.4, 0.5) is 0 Å². The average molecular weight is 171 g/mol. The molecule has 11 heavy (non-hydrogen) atoms. The Morgan fingerprint density at radius 1 is 1.45 bits per heavy atom. The standard InChI is InChI=1S/C9H17NS/c1-9(2,3)11(4)10-8-6-5-7-8/h6H,5,7H2,1-4H3. The molecule has 0 amide bonds. The van der Waals surface area contributed by atoms with E-state index in [1.54, 1.807) is 0 Å². The van der Waals surface area contributed by atoms with E-state index in [2.05, 4.69) is 37.5 Å². The summed E-state index contributed by atoms with van der Waals surface area (Å²) in [4.78, 5) is 0. The Kier molecular flexibility index (Phi) is 2.53. The Balaban J connectivity index is 2.66. The van der Waals surface area contributed by atoms with Crippen LogP contribution in [0.5, 0.6) is 0 Å². The van der Waals surface area contributed by atoms with Crippen molar-refractivity contribution < 1.29 is 0 Å². The molecule has 0 saturated carbocycles. The molecule has 1 rings (SSSR count).